The van der Waals surface area contributed by atoms with Crippen LogP contribution in [0, 0.1) is 0 Å². The van der Waals surface area contributed by atoms with Crippen molar-refractivity contribution in [2.24, 2.45) is 16.5 Å². The molecule has 3 aromatic rings. The zero-order valence-electron chi connectivity index (χ0n) is 16.4. The molecule has 0 aliphatic heterocycles. The van der Waals surface area contributed by atoms with E-state index in [1.165, 1.54) is 6.08 Å². The van der Waals surface area contributed by atoms with Crippen LogP contribution in [0.2, 0.25) is 10.0 Å². The van der Waals surface area contributed by atoms with Crippen LogP contribution in [-0.2, 0) is 4.79 Å². The Hall–Kier alpha value is -3.42. The zero-order valence-corrected chi connectivity index (χ0v) is 17.9. The molecule has 0 bridgehead atoms. The van der Waals surface area contributed by atoms with E-state index in [0.29, 0.717) is 40.3 Å². The van der Waals surface area contributed by atoms with Crippen LogP contribution in [0.5, 0.6) is 0 Å². The monoisotopic (exact) mass is 454 g/mol. The number of primary amides is 1. The van der Waals surface area contributed by atoms with Gasteiger partial charge in [-0.15, -0.1) is 0 Å². The first-order chi connectivity index (χ1) is 14.9. The van der Waals surface area contributed by atoms with E-state index >= 15 is 0 Å². The minimum atomic E-state index is -0.584. The van der Waals surface area contributed by atoms with Gasteiger partial charge in [-0.1, -0.05) is 53.5 Å². The van der Waals surface area contributed by atoms with Crippen molar-refractivity contribution in [2.45, 2.75) is 0 Å². The molecule has 0 aliphatic carbocycles. The molecule has 0 aliphatic rings. The smallest absolute Gasteiger partial charge is 0.241 e. The maximum Gasteiger partial charge on any atom is 0.241 e. The second kappa shape index (κ2) is 10.6. The van der Waals surface area contributed by atoms with E-state index in [2.05, 4.69) is 20.3 Å². The molecule has 0 spiro atoms. The van der Waals surface area contributed by atoms with Crippen LogP contribution in [0.25, 0.3) is 22.6 Å². The van der Waals surface area contributed by atoms with Crippen molar-refractivity contribution in [3.63, 3.8) is 0 Å². The Labute approximate surface area is 189 Å². The molecule has 0 atom stereocenters. The Morgan fingerprint density at radius 1 is 1.03 bits per heavy atom. The lowest BCUT2D eigenvalue weighted by atomic mass is 10.1. The molecule has 2 aromatic carbocycles. The number of anilines is 1. The standard InChI is InChI=1S/C22H20Cl2N6O/c23-15-6-7-16(17(24)12-15)22-29-18(14-4-2-1-3-5-14)13-21(30-22)28-11-10-27-19(25)8-9-20(26)31/h1-9,12-13H,10-11H2,(H2,25,27)(H2,26,31)(H,28,29,30)/b9-8-. The van der Waals surface area contributed by atoms with E-state index in [1.807, 2.05) is 36.4 Å². The predicted molar refractivity (Wildman–Crippen MR) is 126 cm³/mol. The number of rotatable bonds is 8. The molecule has 0 fully saturated rings. The number of carbonyl (C=O) groups excluding carboxylic acids is 1. The number of nitrogens with one attached hydrogen (secondary N) is 1. The molecule has 1 amide bonds. The van der Waals surface area contributed by atoms with Gasteiger partial charge in [-0.25, -0.2) is 9.97 Å². The Bertz CT molecular complexity index is 1130. The fourth-order valence-electron chi connectivity index (χ4n) is 2.68. The summed E-state index contributed by atoms with van der Waals surface area (Å²) < 4.78 is 0. The molecule has 0 saturated heterocycles. The van der Waals surface area contributed by atoms with Crippen molar-refractivity contribution in [3.05, 3.63) is 76.8 Å². The van der Waals surface area contributed by atoms with Crippen LogP contribution in [0.4, 0.5) is 5.82 Å². The minimum Gasteiger partial charge on any atom is -0.384 e. The average Bonchev–Trinajstić information content (AvgIpc) is 2.75. The molecule has 0 radical (unpaired) electrons. The average molecular weight is 455 g/mol. The SMILES string of the molecule is NC(=O)/C=C\C(N)=NCCNc1cc(-c2ccccc2)nc(-c2ccc(Cl)cc2Cl)n1. The quantitative estimate of drug-likeness (QED) is 0.206. The topological polar surface area (TPSA) is 119 Å². The number of carbonyl (C=O) groups is 1. The Morgan fingerprint density at radius 2 is 1.81 bits per heavy atom. The van der Waals surface area contributed by atoms with Gasteiger partial charge >= 0.3 is 0 Å². The fourth-order valence-corrected chi connectivity index (χ4v) is 3.17. The fraction of sp³-hybridized carbons (Fsp3) is 0.0909. The highest BCUT2D eigenvalue weighted by molar-refractivity contribution is 6.36. The molecule has 31 heavy (non-hydrogen) atoms. The van der Waals surface area contributed by atoms with Crippen LogP contribution in [0.15, 0.2) is 71.7 Å². The van der Waals surface area contributed by atoms with E-state index in [1.54, 1.807) is 18.2 Å². The van der Waals surface area contributed by atoms with E-state index in [9.17, 15) is 4.79 Å². The van der Waals surface area contributed by atoms with Gasteiger partial charge in [-0.3, -0.25) is 9.79 Å². The number of nitrogens with zero attached hydrogens (tertiary/aromatic N) is 3. The van der Waals surface area contributed by atoms with Gasteiger partial charge < -0.3 is 16.8 Å². The molecule has 7 nitrogen and oxygen atoms in total. The summed E-state index contributed by atoms with van der Waals surface area (Å²) in [4.78, 5) is 24.2. The van der Waals surface area contributed by atoms with Crippen molar-refractivity contribution in [3.8, 4) is 22.6 Å². The molecule has 9 heteroatoms. The number of halogens is 2. The number of hydrogen-bond acceptors (Lipinski definition) is 5. The van der Waals surface area contributed by atoms with Crippen molar-refractivity contribution >= 4 is 40.8 Å². The first-order valence-corrected chi connectivity index (χ1v) is 10.1. The van der Waals surface area contributed by atoms with Crippen LogP contribution in [0.3, 0.4) is 0 Å². The number of hydrogen-bond donors (Lipinski definition) is 3. The van der Waals surface area contributed by atoms with Gasteiger partial charge in [0.05, 0.1) is 17.3 Å². The number of nitrogens with two attached hydrogens (primary N) is 2. The van der Waals surface area contributed by atoms with Crippen molar-refractivity contribution in [1.29, 1.82) is 0 Å². The second-order valence-electron chi connectivity index (χ2n) is 6.42. The van der Waals surface area contributed by atoms with E-state index in [-0.39, 0.29) is 5.84 Å². The molecule has 158 valence electrons. The molecular weight excluding hydrogens is 435 g/mol. The predicted octanol–water partition coefficient (Wildman–Crippen LogP) is 3.93. The first kappa shape index (κ1) is 22.3. The van der Waals surface area contributed by atoms with Gasteiger partial charge in [0, 0.05) is 34.8 Å². The van der Waals surface area contributed by atoms with E-state index in [4.69, 9.17) is 34.7 Å². The highest BCUT2D eigenvalue weighted by Crippen LogP contribution is 2.30. The molecule has 1 aromatic heterocycles. The van der Waals surface area contributed by atoms with Gasteiger partial charge in [-0.2, -0.15) is 0 Å². The minimum absolute atomic E-state index is 0.210. The van der Waals surface area contributed by atoms with Gasteiger partial charge in [-0.05, 0) is 24.3 Å². The van der Waals surface area contributed by atoms with Crippen LogP contribution in [-0.4, -0.2) is 34.8 Å². The summed E-state index contributed by atoms with van der Waals surface area (Å²) in [5.41, 5.74) is 13.1. The third-order valence-corrected chi connectivity index (χ3v) is 4.65. The third-order valence-electron chi connectivity index (χ3n) is 4.10. The van der Waals surface area contributed by atoms with Gasteiger partial charge in [0.25, 0.3) is 0 Å². The summed E-state index contributed by atoms with van der Waals surface area (Å²) in [6.07, 6.45) is 2.52. The lowest BCUT2D eigenvalue weighted by molar-refractivity contribution is -0.113. The molecule has 5 N–H and O–H groups in total. The molecule has 1 heterocycles. The number of aliphatic imine (C=N–C) groups is 1. The van der Waals surface area contributed by atoms with E-state index in [0.717, 1.165) is 17.3 Å². The Balaban J connectivity index is 1.85. The summed E-state index contributed by atoms with van der Waals surface area (Å²) in [7, 11) is 0. The molecular formula is C22H20Cl2N6O. The lowest BCUT2D eigenvalue weighted by Crippen LogP contribution is -2.14. The summed E-state index contributed by atoms with van der Waals surface area (Å²) in [5.74, 6) is 0.704. The number of amidine groups is 1. The van der Waals surface area contributed by atoms with Gasteiger partial charge in [0.2, 0.25) is 5.91 Å². The Kier molecular flexibility index (Phi) is 7.59. The maximum atomic E-state index is 10.7. The van der Waals surface area contributed by atoms with Gasteiger partial charge in [0.15, 0.2) is 5.82 Å². The van der Waals surface area contributed by atoms with Crippen LogP contribution < -0.4 is 16.8 Å². The molecule has 0 saturated carbocycles. The number of benzene rings is 2. The highest BCUT2D eigenvalue weighted by atomic mass is 35.5. The Morgan fingerprint density at radius 3 is 2.52 bits per heavy atom. The van der Waals surface area contributed by atoms with Crippen molar-refractivity contribution in [2.75, 3.05) is 18.4 Å². The highest BCUT2D eigenvalue weighted by Gasteiger charge is 2.12. The van der Waals surface area contributed by atoms with Crippen LogP contribution >= 0.6 is 23.2 Å². The molecule has 3 rings (SSSR count). The van der Waals surface area contributed by atoms with Crippen LogP contribution in [0.1, 0.15) is 0 Å². The lowest BCUT2D eigenvalue weighted by Gasteiger charge is -2.11. The number of aromatic nitrogens is 2. The van der Waals surface area contributed by atoms with Gasteiger partial charge in [0.1, 0.15) is 11.7 Å². The van der Waals surface area contributed by atoms with E-state index < -0.39 is 5.91 Å². The summed E-state index contributed by atoms with van der Waals surface area (Å²) in [5, 5.41) is 4.21. The summed E-state index contributed by atoms with van der Waals surface area (Å²) >= 11 is 12.4. The number of amides is 1. The summed E-state index contributed by atoms with van der Waals surface area (Å²) in [6.45, 7) is 0.834. The van der Waals surface area contributed by atoms with Crippen molar-refractivity contribution in [1.82, 2.24) is 9.97 Å². The summed E-state index contributed by atoms with van der Waals surface area (Å²) in [6, 6.07) is 16.8. The maximum absolute atomic E-state index is 10.7. The largest absolute Gasteiger partial charge is 0.384 e. The first-order valence-electron chi connectivity index (χ1n) is 9.33. The molecule has 0 unspecified atom stereocenters. The normalized spacial score (nSPS) is 11.6. The third kappa shape index (κ3) is 6.53. The van der Waals surface area contributed by atoms with Crippen molar-refractivity contribution < 1.29 is 4.79 Å². The zero-order chi connectivity index (χ0) is 22.2. The second-order valence-corrected chi connectivity index (χ2v) is 7.26.